The third-order valence-electron chi connectivity index (χ3n) is 3.23. The van der Waals surface area contributed by atoms with E-state index in [1.54, 1.807) is 19.1 Å². The van der Waals surface area contributed by atoms with Gasteiger partial charge in [0.25, 0.3) is 0 Å². The molecule has 0 aliphatic carbocycles. The van der Waals surface area contributed by atoms with E-state index in [0.29, 0.717) is 18.2 Å². The Labute approximate surface area is 129 Å². The van der Waals surface area contributed by atoms with Gasteiger partial charge in [0.2, 0.25) is 0 Å². The molecule has 6 heteroatoms. The molecule has 0 unspecified atom stereocenters. The first-order valence-corrected chi connectivity index (χ1v) is 8.96. The summed E-state index contributed by atoms with van der Waals surface area (Å²) in [6.07, 6.45) is 1.83. The van der Waals surface area contributed by atoms with Gasteiger partial charge in [0.1, 0.15) is 0 Å². The third kappa shape index (κ3) is 4.06. The summed E-state index contributed by atoms with van der Waals surface area (Å²) in [7, 11) is -0.649. The van der Waals surface area contributed by atoms with Crippen LogP contribution < -0.4 is 5.32 Å². The Hall–Kier alpha value is -0.880. The number of rotatable bonds is 4. The summed E-state index contributed by atoms with van der Waals surface area (Å²) in [6, 6.07) is 5.74. The van der Waals surface area contributed by atoms with Crippen LogP contribution in [0.4, 0.5) is 5.69 Å². The van der Waals surface area contributed by atoms with Gasteiger partial charge in [-0.2, -0.15) is 0 Å². The first kappa shape index (κ1) is 15.5. The Bertz CT molecular complexity index is 511. The van der Waals surface area contributed by atoms with Crippen LogP contribution in [0.2, 0.25) is 0 Å². The molecule has 0 spiro atoms. The summed E-state index contributed by atoms with van der Waals surface area (Å²) >= 11 is 3.47. The van der Waals surface area contributed by atoms with Gasteiger partial charge in [-0.1, -0.05) is 0 Å². The molecule has 2 rings (SSSR count). The van der Waals surface area contributed by atoms with E-state index in [2.05, 4.69) is 21.2 Å². The van der Waals surface area contributed by atoms with Gasteiger partial charge in [-0.25, -0.2) is 4.79 Å². The van der Waals surface area contributed by atoms with E-state index >= 15 is 0 Å². The molecule has 0 atom stereocenters. The first-order valence-electron chi connectivity index (χ1n) is 6.68. The average molecular weight is 360 g/mol. The van der Waals surface area contributed by atoms with E-state index in [4.69, 9.17) is 4.74 Å². The molecule has 1 fully saturated rings. The number of carbonyl (C=O) groups excluding carboxylic acids is 1. The molecule has 1 saturated heterocycles. The number of nitrogens with one attached hydrogen (secondary N) is 1. The lowest BCUT2D eigenvalue weighted by Gasteiger charge is -2.24. The summed E-state index contributed by atoms with van der Waals surface area (Å²) < 4.78 is 17.1. The maximum Gasteiger partial charge on any atom is 0.338 e. The van der Waals surface area contributed by atoms with Crippen LogP contribution in [0.3, 0.4) is 0 Å². The SMILES string of the molecule is CCOC(=O)c1ccc(NC2CCS(=O)CC2)c(Br)c1. The Balaban J connectivity index is 2.02. The molecule has 0 saturated carbocycles. The highest BCUT2D eigenvalue weighted by molar-refractivity contribution is 9.10. The van der Waals surface area contributed by atoms with Crippen LogP contribution in [-0.2, 0) is 15.5 Å². The highest BCUT2D eigenvalue weighted by atomic mass is 79.9. The molecular formula is C14H18BrNO3S. The van der Waals surface area contributed by atoms with Crippen molar-refractivity contribution < 1.29 is 13.7 Å². The highest BCUT2D eigenvalue weighted by Crippen LogP contribution is 2.26. The molecule has 0 amide bonds. The fraction of sp³-hybridized carbons (Fsp3) is 0.500. The molecular weight excluding hydrogens is 342 g/mol. The second-order valence-corrected chi connectivity index (χ2v) is 7.23. The molecule has 20 heavy (non-hydrogen) atoms. The lowest BCUT2D eigenvalue weighted by Crippen LogP contribution is -2.29. The van der Waals surface area contributed by atoms with Gasteiger partial charge in [0, 0.05) is 38.5 Å². The molecule has 0 aromatic heterocycles. The smallest absolute Gasteiger partial charge is 0.338 e. The third-order valence-corrected chi connectivity index (χ3v) is 5.27. The molecule has 110 valence electrons. The monoisotopic (exact) mass is 359 g/mol. The number of hydrogen-bond donors (Lipinski definition) is 1. The first-order chi connectivity index (χ1) is 9.60. The largest absolute Gasteiger partial charge is 0.462 e. The van der Waals surface area contributed by atoms with Crippen molar-refractivity contribution in [3.8, 4) is 0 Å². The molecule has 1 N–H and O–H groups in total. The zero-order valence-corrected chi connectivity index (χ0v) is 13.8. The van der Waals surface area contributed by atoms with Gasteiger partial charge in [0.05, 0.1) is 12.2 Å². The van der Waals surface area contributed by atoms with Crippen molar-refractivity contribution in [1.82, 2.24) is 0 Å². The Morgan fingerprint density at radius 1 is 1.45 bits per heavy atom. The molecule has 1 aromatic carbocycles. The van der Waals surface area contributed by atoms with Crippen molar-refractivity contribution in [2.24, 2.45) is 0 Å². The minimum absolute atomic E-state index is 0.312. The minimum atomic E-state index is -0.649. The number of halogens is 1. The van der Waals surface area contributed by atoms with Crippen molar-refractivity contribution in [2.75, 3.05) is 23.4 Å². The fourth-order valence-electron chi connectivity index (χ4n) is 2.13. The van der Waals surface area contributed by atoms with Crippen LogP contribution in [-0.4, -0.2) is 34.3 Å². The lowest BCUT2D eigenvalue weighted by atomic mass is 10.1. The van der Waals surface area contributed by atoms with Crippen LogP contribution in [0.25, 0.3) is 0 Å². The predicted octanol–water partition coefficient (Wildman–Crippen LogP) is 2.95. The highest BCUT2D eigenvalue weighted by Gasteiger charge is 2.18. The maximum absolute atomic E-state index is 11.6. The lowest BCUT2D eigenvalue weighted by molar-refractivity contribution is 0.0526. The molecule has 1 aromatic rings. The topological polar surface area (TPSA) is 55.4 Å². The number of hydrogen-bond acceptors (Lipinski definition) is 4. The number of carbonyl (C=O) groups is 1. The van der Waals surface area contributed by atoms with Gasteiger partial charge >= 0.3 is 5.97 Å². The Morgan fingerprint density at radius 2 is 2.15 bits per heavy atom. The van der Waals surface area contributed by atoms with Crippen LogP contribution in [0.5, 0.6) is 0 Å². The van der Waals surface area contributed by atoms with E-state index in [1.165, 1.54) is 0 Å². The van der Waals surface area contributed by atoms with E-state index in [-0.39, 0.29) is 5.97 Å². The van der Waals surface area contributed by atoms with Crippen molar-refractivity contribution >= 4 is 38.4 Å². The molecule has 4 nitrogen and oxygen atoms in total. The van der Waals surface area contributed by atoms with Gasteiger partial charge in [-0.3, -0.25) is 4.21 Å². The second kappa shape index (κ2) is 7.22. The minimum Gasteiger partial charge on any atom is -0.462 e. The van der Waals surface area contributed by atoms with Gasteiger partial charge in [-0.15, -0.1) is 0 Å². The van der Waals surface area contributed by atoms with Crippen molar-refractivity contribution in [1.29, 1.82) is 0 Å². The zero-order chi connectivity index (χ0) is 14.5. The molecule has 1 aliphatic rings. The number of benzene rings is 1. The van der Waals surface area contributed by atoms with Gasteiger partial charge in [-0.05, 0) is 53.9 Å². The average Bonchev–Trinajstić information content (AvgIpc) is 2.43. The summed E-state index contributed by atoms with van der Waals surface area (Å²) in [5.41, 5.74) is 1.49. The van der Waals surface area contributed by atoms with Crippen LogP contribution in [0.15, 0.2) is 22.7 Å². The van der Waals surface area contributed by atoms with E-state index in [0.717, 1.165) is 34.5 Å². The Kier molecular flexibility index (Phi) is 5.60. The summed E-state index contributed by atoms with van der Waals surface area (Å²) in [4.78, 5) is 11.6. The maximum atomic E-state index is 11.6. The van der Waals surface area contributed by atoms with Crippen molar-refractivity contribution in [3.05, 3.63) is 28.2 Å². The van der Waals surface area contributed by atoms with Crippen molar-refractivity contribution in [3.63, 3.8) is 0 Å². The van der Waals surface area contributed by atoms with Crippen LogP contribution in [0, 0.1) is 0 Å². The van der Waals surface area contributed by atoms with E-state index < -0.39 is 10.8 Å². The molecule has 1 aliphatic heterocycles. The quantitative estimate of drug-likeness (QED) is 0.839. The Morgan fingerprint density at radius 3 is 2.75 bits per heavy atom. The van der Waals surface area contributed by atoms with Gasteiger partial charge < -0.3 is 10.1 Å². The summed E-state index contributed by atoms with van der Waals surface area (Å²) in [5, 5.41) is 3.43. The normalized spacial score (nSPS) is 22.3. The molecule has 1 heterocycles. The van der Waals surface area contributed by atoms with E-state index in [9.17, 15) is 9.00 Å². The van der Waals surface area contributed by atoms with E-state index in [1.807, 2.05) is 6.07 Å². The van der Waals surface area contributed by atoms with Crippen LogP contribution >= 0.6 is 15.9 Å². The summed E-state index contributed by atoms with van der Waals surface area (Å²) in [5.74, 6) is 1.21. The standard InChI is InChI=1S/C14H18BrNO3S/c1-2-19-14(17)10-3-4-13(12(15)9-10)16-11-5-7-20(18)8-6-11/h3-4,9,11,16H,2,5-8H2,1H3. The second-order valence-electron chi connectivity index (χ2n) is 4.68. The molecule has 0 radical (unpaired) electrons. The van der Waals surface area contributed by atoms with Crippen molar-refractivity contribution in [2.45, 2.75) is 25.8 Å². The van der Waals surface area contributed by atoms with Gasteiger partial charge in [0.15, 0.2) is 0 Å². The predicted molar refractivity (Wildman–Crippen MR) is 84.6 cm³/mol. The number of anilines is 1. The number of esters is 1. The van der Waals surface area contributed by atoms with Crippen LogP contribution in [0.1, 0.15) is 30.1 Å². The zero-order valence-electron chi connectivity index (χ0n) is 11.4. The fourth-order valence-corrected chi connectivity index (χ4v) is 3.92. The summed E-state index contributed by atoms with van der Waals surface area (Å²) in [6.45, 7) is 2.16. The molecule has 0 bridgehead atoms. The number of ether oxygens (including phenoxy) is 1.